The molecule has 0 aliphatic rings. The largest absolute Gasteiger partial charge is 0.262 e. The lowest BCUT2D eigenvalue weighted by Gasteiger charge is -1.99. The van der Waals surface area contributed by atoms with E-state index in [1.165, 1.54) is 0 Å². The van der Waals surface area contributed by atoms with Crippen molar-refractivity contribution in [2.24, 2.45) is 0 Å². The van der Waals surface area contributed by atoms with Crippen LogP contribution in [-0.4, -0.2) is 4.98 Å². The fraction of sp³-hybridized carbons (Fsp3) is 0.143. The average molecular weight is 276 g/mol. The zero-order valence-electron chi connectivity index (χ0n) is 5.51. The zero-order valence-corrected chi connectivity index (χ0v) is 8.68. The topological polar surface area (TPSA) is 36.7 Å². The number of pyridine rings is 1. The third-order valence-corrected chi connectivity index (χ3v) is 2.57. The standard InChI is InChI=1S/C7H4Br2N2/c8-6-3-11-4-7(9)5(6)1-2-10/h3-4H,1H2. The Balaban J connectivity index is 3.12. The highest BCUT2D eigenvalue weighted by atomic mass is 79.9. The Labute approximate surface area is 81.5 Å². The first-order chi connectivity index (χ1) is 5.25. The molecule has 0 unspecified atom stereocenters. The van der Waals surface area contributed by atoms with Crippen molar-refractivity contribution < 1.29 is 0 Å². The number of aromatic nitrogens is 1. The molecule has 0 N–H and O–H groups in total. The minimum Gasteiger partial charge on any atom is -0.262 e. The van der Waals surface area contributed by atoms with E-state index in [0.29, 0.717) is 6.42 Å². The smallest absolute Gasteiger partial charge is 0.0670 e. The van der Waals surface area contributed by atoms with Crippen molar-refractivity contribution in [1.82, 2.24) is 4.98 Å². The van der Waals surface area contributed by atoms with Crippen LogP contribution >= 0.6 is 31.9 Å². The van der Waals surface area contributed by atoms with Gasteiger partial charge in [0.1, 0.15) is 0 Å². The highest BCUT2D eigenvalue weighted by molar-refractivity contribution is 9.11. The predicted octanol–water partition coefficient (Wildman–Crippen LogP) is 2.67. The van der Waals surface area contributed by atoms with Gasteiger partial charge in [-0.25, -0.2) is 0 Å². The first-order valence-electron chi connectivity index (χ1n) is 2.90. The van der Waals surface area contributed by atoms with E-state index < -0.39 is 0 Å². The lowest BCUT2D eigenvalue weighted by atomic mass is 10.2. The van der Waals surface area contributed by atoms with E-state index >= 15 is 0 Å². The second-order valence-corrected chi connectivity index (χ2v) is 3.63. The molecule has 0 amide bonds. The molecule has 1 rings (SSSR count). The van der Waals surface area contributed by atoms with Crippen LogP contribution in [0, 0.1) is 11.3 Å². The molecule has 0 aliphatic heterocycles. The molecule has 2 nitrogen and oxygen atoms in total. The van der Waals surface area contributed by atoms with Gasteiger partial charge < -0.3 is 0 Å². The average Bonchev–Trinajstić information content (AvgIpc) is 1.97. The molecule has 1 aromatic heterocycles. The Morgan fingerprint density at radius 1 is 1.36 bits per heavy atom. The summed E-state index contributed by atoms with van der Waals surface area (Å²) in [6.45, 7) is 0. The Morgan fingerprint density at radius 2 is 1.91 bits per heavy atom. The molecule has 0 spiro atoms. The van der Waals surface area contributed by atoms with Crippen molar-refractivity contribution in [3.63, 3.8) is 0 Å². The minimum absolute atomic E-state index is 0.393. The fourth-order valence-corrected chi connectivity index (χ4v) is 1.90. The first kappa shape index (κ1) is 8.69. The lowest BCUT2D eigenvalue weighted by molar-refractivity contribution is 1.17. The molecule has 0 aliphatic carbocycles. The van der Waals surface area contributed by atoms with E-state index in [1.807, 2.05) is 0 Å². The summed E-state index contributed by atoms with van der Waals surface area (Å²) >= 11 is 6.61. The molecule has 1 heterocycles. The number of hydrogen-bond acceptors (Lipinski definition) is 2. The molecule has 4 heteroatoms. The van der Waals surface area contributed by atoms with Gasteiger partial charge in [0.2, 0.25) is 0 Å². The van der Waals surface area contributed by atoms with Crippen molar-refractivity contribution >= 4 is 31.9 Å². The molecule has 1 aromatic rings. The number of halogens is 2. The monoisotopic (exact) mass is 274 g/mol. The molecule has 0 aromatic carbocycles. The number of nitriles is 1. The van der Waals surface area contributed by atoms with Crippen LogP contribution in [0.25, 0.3) is 0 Å². The maximum Gasteiger partial charge on any atom is 0.0670 e. The van der Waals surface area contributed by atoms with Crippen molar-refractivity contribution in [3.8, 4) is 6.07 Å². The summed E-state index contributed by atoms with van der Waals surface area (Å²) < 4.78 is 1.74. The van der Waals surface area contributed by atoms with Crippen molar-refractivity contribution in [2.75, 3.05) is 0 Å². The van der Waals surface area contributed by atoms with E-state index in [1.54, 1.807) is 12.4 Å². The maximum absolute atomic E-state index is 8.46. The maximum atomic E-state index is 8.46. The molecule has 0 saturated carbocycles. The second-order valence-electron chi connectivity index (χ2n) is 1.92. The zero-order chi connectivity index (χ0) is 8.27. The van der Waals surface area contributed by atoms with E-state index in [-0.39, 0.29) is 0 Å². The Bertz CT molecular complexity index is 284. The number of nitrogens with zero attached hydrogens (tertiary/aromatic N) is 2. The lowest BCUT2D eigenvalue weighted by Crippen LogP contribution is -1.87. The quantitative estimate of drug-likeness (QED) is 0.790. The molecule has 0 saturated heterocycles. The summed E-state index contributed by atoms with van der Waals surface area (Å²) in [7, 11) is 0. The molecular formula is C7H4Br2N2. The number of hydrogen-bond donors (Lipinski definition) is 0. The third-order valence-electron chi connectivity index (χ3n) is 1.21. The van der Waals surface area contributed by atoms with Gasteiger partial charge >= 0.3 is 0 Å². The third kappa shape index (κ3) is 2.01. The summed E-state index contributed by atoms with van der Waals surface area (Å²) in [5.74, 6) is 0. The van der Waals surface area contributed by atoms with Gasteiger partial charge in [0.05, 0.1) is 12.5 Å². The van der Waals surface area contributed by atoms with Gasteiger partial charge in [-0.1, -0.05) is 0 Å². The normalized spacial score (nSPS) is 9.18. The SMILES string of the molecule is N#CCc1c(Br)cncc1Br. The molecule has 0 bridgehead atoms. The fourth-order valence-electron chi connectivity index (χ4n) is 0.686. The first-order valence-corrected chi connectivity index (χ1v) is 4.49. The Morgan fingerprint density at radius 3 is 2.36 bits per heavy atom. The molecular weight excluding hydrogens is 272 g/mol. The van der Waals surface area contributed by atoms with Crippen molar-refractivity contribution in [1.29, 1.82) is 5.26 Å². The van der Waals surface area contributed by atoms with Gasteiger partial charge in [-0.2, -0.15) is 5.26 Å². The summed E-state index contributed by atoms with van der Waals surface area (Å²) in [6, 6.07) is 2.08. The van der Waals surface area contributed by atoms with Gasteiger partial charge in [-0.05, 0) is 37.4 Å². The predicted molar refractivity (Wildman–Crippen MR) is 49.0 cm³/mol. The second kappa shape index (κ2) is 3.84. The van der Waals surface area contributed by atoms with Gasteiger partial charge in [-0.3, -0.25) is 4.98 Å². The Hall–Kier alpha value is -0.400. The summed E-state index contributed by atoms with van der Waals surface area (Å²) in [4.78, 5) is 3.92. The van der Waals surface area contributed by atoms with Gasteiger partial charge in [0, 0.05) is 21.3 Å². The Kier molecular flexibility index (Phi) is 3.03. The molecule has 0 atom stereocenters. The molecule has 0 radical (unpaired) electrons. The van der Waals surface area contributed by atoms with Crippen LogP contribution in [-0.2, 0) is 6.42 Å². The van der Waals surface area contributed by atoms with Crippen LogP contribution in [0.5, 0.6) is 0 Å². The summed E-state index contributed by atoms with van der Waals surface area (Å²) in [5, 5.41) is 8.46. The van der Waals surface area contributed by atoms with Crippen molar-refractivity contribution in [3.05, 3.63) is 26.9 Å². The van der Waals surface area contributed by atoms with E-state index in [0.717, 1.165) is 14.5 Å². The van der Waals surface area contributed by atoms with Gasteiger partial charge in [-0.15, -0.1) is 0 Å². The highest BCUT2D eigenvalue weighted by Gasteiger charge is 2.03. The van der Waals surface area contributed by atoms with E-state index in [2.05, 4.69) is 42.9 Å². The van der Waals surface area contributed by atoms with Crippen LogP contribution in [0.3, 0.4) is 0 Å². The van der Waals surface area contributed by atoms with Crippen LogP contribution in [0.1, 0.15) is 5.56 Å². The van der Waals surface area contributed by atoms with E-state index in [4.69, 9.17) is 5.26 Å². The van der Waals surface area contributed by atoms with E-state index in [9.17, 15) is 0 Å². The summed E-state index contributed by atoms with van der Waals surface area (Å²) in [5.41, 5.74) is 0.947. The van der Waals surface area contributed by atoms with Crippen LogP contribution < -0.4 is 0 Å². The van der Waals surface area contributed by atoms with Gasteiger partial charge in [0.15, 0.2) is 0 Å². The molecule has 56 valence electrons. The number of rotatable bonds is 1. The summed E-state index contributed by atoms with van der Waals surface area (Å²) in [6.07, 6.45) is 3.75. The van der Waals surface area contributed by atoms with Crippen molar-refractivity contribution in [2.45, 2.75) is 6.42 Å². The van der Waals surface area contributed by atoms with Crippen LogP contribution in [0.2, 0.25) is 0 Å². The molecule has 11 heavy (non-hydrogen) atoms. The van der Waals surface area contributed by atoms with Crippen LogP contribution in [0.15, 0.2) is 21.3 Å². The van der Waals surface area contributed by atoms with Crippen LogP contribution in [0.4, 0.5) is 0 Å². The van der Waals surface area contributed by atoms with Gasteiger partial charge in [0.25, 0.3) is 0 Å². The molecule has 0 fully saturated rings. The minimum atomic E-state index is 0.393. The highest BCUT2D eigenvalue weighted by Crippen LogP contribution is 2.23.